The summed E-state index contributed by atoms with van der Waals surface area (Å²) in [5.41, 5.74) is 0. The van der Waals surface area contributed by atoms with Crippen molar-refractivity contribution in [1.29, 1.82) is 0 Å². The Morgan fingerprint density at radius 1 is 1.12 bits per heavy atom. The van der Waals surface area contributed by atoms with Gasteiger partial charge in [-0.25, -0.2) is 0 Å². The van der Waals surface area contributed by atoms with E-state index in [1.807, 2.05) is 0 Å². The van der Waals surface area contributed by atoms with Crippen molar-refractivity contribution in [2.45, 2.75) is 20.8 Å². The third kappa shape index (κ3) is 8.27. The molecule has 0 aliphatic rings. The number of hydrogen-bond donors (Lipinski definition) is 0. The van der Waals surface area contributed by atoms with Gasteiger partial charge in [-0.2, -0.15) is 0 Å². The standard InChI is InChI=1S/C6H6F6O2Se2/c1-2-14-3(13)4(15-5(7,8)9)16-6(10,11)12/h4H,2H2,1H3. The third-order valence-electron chi connectivity index (χ3n) is 0.960. The Kier molecular flexibility index (Phi) is 6.17. The van der Waals surface area contributed by atoms with Crippen LogP contribution in [-0.2, 0) is 9.53 Å². The number of ether oxygens (including phenoxy) is 1. The van der Waals surface area contributed by atoms with E-state index < -0.39 is 49.7 Å². The molecule has 10 heteroatoms. The van der Waals surface area contributed by atoms with Gasteiger partial charge in [0.1, 0.15) is 0 Å². The van der Waals surface area contributed by atoms with Gasteiger partial charge in [-0.15, -0.1) is 0 Å². The molecule has 0 saturated heterocycles. The molecule has 0 aromatic heterocycles. The number of hydrogen-bond acceptors (Lipinski definition) is 2. The van der Waals surface area contributed by atoms with Crippen molar-refractivity contribution in [1.82, 2.24) is 0 Å². The summed E-state index contributed by atoms with van der Waals surface area (Å²) in [6, 6.07) is 0. The molecular weight excluding hydrogens is 376 g/mol. The van der Waals surface area contributed by atoms with Crippen LogP contribution in [0.4, 0.5) is 26.3 Å². The van der Waals surface area contributed by atoms with Gasteiger partial charge in [0.05, 0.1) is 0 Å². The van der Waals surface area contributed by atoms with Crippen LogP contribution in [0.2, 0.25) is 3.71 Å². The van der Waals surface area contributed by atoms with E-state index in [4.69, 9.17) is 0 Å². The second kappa shape index (κ2) is 6.14. The van der Waals surface area contributed by atoms with Gasteiger partial charge in [-0.3, -0.25) is 0 Å². The third-order valence-corrected chi connectivity index (χ3v) is 5.89. The van der Waals surface area contributed by atoms with Crippen molar-refractivity contribution in [3.63, 3.8) is 0 Å². The molecule has 0 rings (SSSR count). The van der Waals surface area contributed by atoms with E-state index in [-0.39, 0.29) is 6.61 Å². The zero-order chi connectivity index (χ0) is 13.0. The Hall–Kier alpha value is 0.0890. The minimum atomic E-state index is -4.75. The molecule has 16 heavy (non-hydrogen) atoms. The van der Waals surface area contributed by atoms with Crippen LogP contribution in [-0.4, -0.2) is 52.6 Å². The summed E-state index contributed by atoms with van der Waals surface area (Å²) in [6.45, 7) is 1.08. The summed E-state index contributed by atoms with van der Waals surface area (Å²) in [5.74, 6) is -1.42. The molecule has 0 aromatic rings. The Morgan fingerprint density at radius 2 is 1.50 bits per heavy atom. The number of esters is 1. The first kappa shape index (κ1) is 16.1. The number of halogens is 6. The van der Waals surface area contributed by atoms with Crippen molar-refractivity contribution >= 4 is 35.9 Å². The Morgan fingerprint density at radius 3 is 1.75 bits per heavy atom. The summed E-state index contributed by atoms with van der Waals surface area (Å²) >= 11 is -4.82. The quantitative estimate of drug-likeness (QED) is 0.421. The van der Waals surface area contributed by atoms with Crippen LogP contribution >= 0.6 is 0 Å². The molecule has 0 amide bonds. The van der Waals surface area contributed by atoms with Gasteiger partial charge < -0.3 is 0 Å². The zero-order valence-electron chi connectivity index (χ0n) is 7.69. The van der Waals surface area contributed by atoms with E-state index in [1.165, 1.54) is 6.92 Å². The number of carbonyl (C=O) groups is 1. The predicted octanol–water partition coefficient (Wildman–Crippen LogP) is 1.74. The van der Waals surface area contributed by atoms with E-state index in [9.17, 15) is 31.1 Å². The van der Waals surface area contributed by atoms with Crippen LogP contribution in [0.1, 0.15) is 6.92 Å². The molecule has 0 heterocycles. The Labute approximate surface area is 99.4 Å². The average molecular weight is 382 g/mol. The summed E-state index contributed by atoms with van der Waals surface area (Å²) in [4.78, 5) is 10.9. The Bertz CT molecular complexity index is 222. The average Bonchev–Trinajstić information content (AvgIpc) is 1.97. The van der Waals surface area contributed by atoms with Gasteiger partial charge in [-0.1, -0.05) is 0 Å². The number of carbonyl (C=O) groups excluding carboxylic acids is 1. The van der Waals surface area contributed by atoms with Crippen LogP contribution < -0.4 is 0 Å². The predicted molar refractivity (Wildman–Crippen MR) is 44.0 cm³/mol. The summed E-state index contributed by atoms with van der Waals surface area (Å²) < 4.78 is 73.8. The maximum absolute atomic E-state index is 11.9. The molecule has 0 radical (unpaired) electrons. The topological polar surface area (TPSA) is 26.3 Å². The van der Waals surface area contributed by atoms with E-state index in [1.54, 1.807) is 0 Å². The van der Waals surface area contributed by atoms with Gasteiger partial charge in [-0.05, 0) is 0 Å². The molecule has 0 aromatic carbocycles. The molecule has 0 saturated carbocycles. The molecule has 0 fully saturated rings. The number of alkyl halides is 6. The van der Waals surface area contributed by atoms with Crippen molar-refractivity contribution in [2.24, 2.45) is 0 Å². The van der Waals surface area contributed by atoms with Crippen LogP contribution in [0.25, 0.3) is 0 Å². The Balaban J connectivity index is 4.57. The molecule has 96 valence electrons. The van der Waals surface area contributed by atoms with Gasteiger partial charge in [0, 0.05) is 0 Å². The molecule has 0 N–H and O–H groups in total. The van der Waals surface area contributed by atoms with Crippen LogP contribution in [0.5, 0.6) is 0 Å². The van der Waals surface area contributed by atoms with Gasteiger partial charge in [0.15, 0.2) is 0 Å². The second-order valence-corrected chi connectivity index (χ2v) is 8.63. The monoisotopic (exact) mass is 384 g/mol. The number of rotatable bonds is 4. The fourth-order valence-electron chi connectivity index (χ4n) is 0.573. The van der Waals surface area contributed by atoms with Crippen LogP contribution in [0.3, 0.4) is 0 Å². The molecule has 0 bridgehead atoms. The molecule has 0 aliphatic carbocycles. The van der Waals surface area contributed by atoms with Crippen molar-refractivity contribution in [3.8, 4) is 0 Å². The maximum atomic E-state index is 11.9. The van der Waals surface area contributed by atoms with E-state index in [0.717, 1.165) is 0 Å². The first-order chi connectivity index (χ1) is 7.05. The van der Waals surface area contributed by atoms with Gasteiger partial charge in [0.25, 0.3) is 0 Å². The summed E-state index contributed by atoms with van der Waals surface area (Å²) in [6.07, 6.45) is 0. The minimum absolute atomic E-state index is 0.239. The fourth-order valence-corrected chi connectivity index (χ4v) is 5.29. The molecule has 2 nitrogen and oxygen atoms in total. The van der Waals surface area contributed by atoms with E-state index >= 15 is 0 Å². The first-order valence-electron chi connectivity index (χ1n) is 3.71. The SMILES string of the molecule is CCOC(=O)C([Se]C(F)(F)F)[Se]C(F)(F)F. The summed E-state index contributed by atoms with van der Waals surface area (Å²) in [5, 5.41) is -9.51. The summed E-state index contributed by atoms with van der Waals surface area (Å²) in [7, 11) is 0. The zero-order valence-corrected chi connectivity index (χ0v) is 11.1. The van der Waals surface area contributed by atoms with Gasteiger partial charge >= 0.3 is 99.2 Å². The van der Waals surface area contributed by atoms with Crippen LogP contribution in [0.15, 0.2) is 0 Å². The normalized spacial score (nSPS) is 13.0. The molecule has 0 atom stereocenters. The first-order valence-corrected chi connectivity index (χ1v) is 7.40. The van der Waals surface area contributed by atoms with E-state index in [2.05, 4.69) is 4.74 Å². The molecule has 0 unspecified atom stereocenters. The van der Waals surface area contributed by atoms with Crippen molar-refractivity contribution < 1.29 is 35.9 Å². The van der Waals surface area contributed by atoms with Crippen LogP contribution in [0, 0.1) is 0 Å². The molecular formula is C6H6F6O2Se2. The van der Waals surface area contributed by atoms with E-state index in [0.29, 0.717) is 0 Å². The molecule has 0 spiro atoms. The van der Waals surface area contributed by atoms with Crippen molar-refractivity contribution in [3.05, 3.63) is 0 Å². The fraction of sp³-hybridized carbons (Fsp3) is 0.833. The van der Waals surface area contributed by atoms with Gasteiger partial charge in [0.2, 0.25) is 0 Å². The van der Waals surface area contributed by atoms with Crippen molar-refractivity contribution in [2.75, 3.05) is 6.61 Å². The molecule has 0 aliphatic heterocycles. The second-order valence-electron chi connectivity index (χ2n) is 2.21.